The molecule has 2 unspecified atom stereocenters. The summed E-state index contributed by atoms with van der Waals surface area (Å²) in [6.07, 6.45) is -5.32. The molecule has 1 aromatic carbocycles. The molecule has 1 aromatic rings. The first-order valence-corrected chi connectivity index (χ1v) is 11.4. The van der Waals surface area contributed by atoms with Crippen molar-refractivity contribution in [2.75, 3.05) is 6.54 Å². The zero-order chi connectivity index (χ0) is 20.3. The topological polar surface area (TPSA) is 58.6 Å². The maximum atomic E-state index is 12.8. The summed E-state index contributed by atoms with van der Waals surface area (Å²) in [6, 6.07) is 3.47. The molecule has 26 heavy (non-hydrogen) atoms. The summed E-state index contributed by atoms with van der Waals surface area (Å²) < 4.78 is 44.8. The Hall–Kier alpha value is -1.38. The average molecular weight is 392 g/mol. The van der Waals surface area contributed by atoms with E-state index in [-0.39, 0.29) is 5.04 Å². The molecule has 0 radical (unpaired) electrons. The van der Waals surface area contributed by atoms with Gasteiger partial charge in [-0.3, -0.25) is 4.79 Å². The number of hydrogen-bond donors (Lipinski definition) is 2. The number of aliphatic carboxylic acids is 1. The Balaban J connectivity index is 3.33. The molecule has 0 spiro atoms. The van der Waals surface area contributed by atoms with Crippen LogP contribution in [0.2, 0.25) is 18.1 Å². The third kappa shape index (κ3) is 5.56. The van der Waals surface area contributed by atoms with Gasteiger partial charge in [-0.15, -0.1) is 0 Å². The quantitative estimate of drug-likeness (QED) is 0.654. The molecule has 2 atom stereocenters. The van der Waals surface area contributed by atoms with Crippen molar-refractivity contribution in [3.05, 3.63) is 35.4 Å². The van der Waals surface area contributed by atoms with Crippen molar-refractivity contribution in [3.63, 3.8) is 0 Å². The smallest absolute Gasteiger partial charge is 0.416 e. The van der Waals surface area contributed by atoms with Crippen LogP contribution in [0.15, 0.2) is 24.3 Å². The minimum absolute atomic E-state index is 0.174. The molecule has 0 heterocycles. The molecule has 2 N–H and O–H groups in total. The molecular formula is C18H28F3NO3Si. The van der Waals surface area contributed by atoms with Gasteiger partial charge in [0.1, 0.15) is 6.04 Å². The van der Waals surface area contributed by atoms with Crippen LogP contribution in [0.5, 0.6) is 0 Å². The van der Waals surface area contributed by atoms with Crippen LogP contribution in [-0.2, 0) is 15.4 Å². The van der Waals surface area contributed by atoms with Gasteiger partial charge in [-0.2, -0.15) is 13.2 Å². The lowest BCUT2D eigenvalue weighted by Crippen LogP contribution is -2.49. The molecule has 8 heteroatoms. The Labute approximate surface area is 153 Å². The van der Waals surface area contributed by atoms with Crippen molar-refractivity contribution in [3.8, 4) is 0 Å². The van der Waals surface area contributed by atoms with Crippen molar-refractivity contribution in [2.45, 2.75) is 64.1 Å². The van der Waals surface area contributed by atoms with Crippen molar-refractivity contribution >= 4 is 14.3 Å². The molecular weight excluding hydrogens is 363 g/mol. The van der Waals surface area contributed by atoms with Crippen molar-refractivity contribution in [1.82, 2.24) is 5.32 Å². The van der Waals surface area contributed by atoms with Gasteiger partial charge in [0.15, 0.2) is 8.32 Å². The molecule has 0 aliphatic carbocycles. The molecule has 4 nitrogen and oxygen atoms in total. The van der Waals surface area contributed by atoms with E-state index in [0.717, 1.165) is 12.1 Å². The van der Waals surface area contributed by atoms with Crippen LogP contribution in [0, 0.1) is 0 Å². The molecule has 148 valence electrons. The number of alkyl halides is 3. The SMILES string of the molecule is CCNC(C(=O)O)C(O[Si](C)(C)C(C)(C)C)c1ccc(C(F)(F)F)cc1. The average Bonchev–Trinajstić information content (AvgIpc) is 2.48. The molecule has 0 fully saturated rings. The highest BCUT2D eigenvalue weighted by Crippen LogP contribution is 2.41. The minimum atomic E-state index is -4.44. The molecule has 0 aromatic heterocycles. The second-order valence-electron chi connectivity index (χ2n) is 7.79. The number of rotatable bonds is 7. The third-order valence-electron chi connectivity index (χ3n) is 4.79. The standard InChI is InChI=1S/C18H28F3NO3Si/c1-7-22-14(16(23)24)15(25-26(5,6)17(2,3)4)12-8-10-13(11-9-12)18(19,20)21/h8-11,14-15,22H,7H2,1-6H3,(H,23,24). The molecule has 0 bridgehead atoms. The van der Waals surface area contributed by atoms with Gasteiger partial charge in [0, 0.05) is 0 Å². The van der Waals surface area contributed by atoms with Crippen LogP contribution in [0.25, 0.3) is 0 Å². The van der Waals surface area contributed by atoms with E-state index in [2.05, 4.69) is 5.32 Å². The fourth-order valence-corrected chi connectivity index (χ4v) is 3.49. The lowest BCUT2D eigenvalue weighted by molar-refractivity contribution is -0.142. The fraction of sp³-hybridized carbons (Fsp3) is 0.611. The maximum absolute atomic E-state index is 12.8. The Kier molecular flexibility index (Phi) is 7.06. The van der Waals surface area contributed by atoms with Gasteiger partial charge in [-0.05, 0) is 42.4 Å². The summed E-state index contributed by atoms with van der Waals surface area (Å²) in [6.45, 7) is 12.2. The van der Waals surface area contributed by atoms with Gasteiger partial charge in [-0.1, -0.05) is 39.8 Å². The largest absolute Gasteiger partial charge is 0.480 e. The maximum Gasteiger partial charge on any atom is 0.416 e. The minimum Gasteiger partial charge on any atom is -0.480 e. The van der Waals surface area contributed by atoms with Gasteiger partial charge in [-0.25, -0.2) is 0 Å². The van der Waals surface area contributed by atoms with Crippen LogP contribution in [0.4, 0.5) is 13.2 Å². The van der Waals surface area contributed by atoms with Crippen molar-refractivity contribution in [2.24, 2.45) is 0 Å². The normalized spacial score (nSPS) is 15.6. The monoisotopic (exact) mass is 391 g/mol. The molecule has 0 amide bonds. The number of hydrogen-bond acceptors (Lipinski definition) is 3. The van der Waals surface area contributed by atoms with E-state index in [1.807, 2.05) is 33.9 Å². The molecule has 0 aliphatic heterocycles. The third-order valence-corrected chi connectivity index (χ3v) is 9.24. The van der Waals surface area contributed by atoms with E-state index >= 15 is 0 Å². The van der Waals surface area contributed by atoms with Crippen molar-refractivity contribution in [1.29, 1.82) is 0 Å². The summed E-state index contributed by atoms with van der Waals surface area (Å²) in [5.74, 6) is -1.10. The number of carboxylic acids is 1. The highest BCUT2D eigenvalue weighted by Gasteiger charge is 2.43. The number of carboxylic acid groups (broad SMARTS) is 1. The first kappa shape index (κ1) is 22.7. The highest BCUT2D eigenvalue weighted by molar-refractivity contribution is 6.74. The number of nitrogens with one attached hydrogen (secondary N) is 1. The summed E-state index contributed by atoms with van der Waals surface area (Å²) in [5.41, 5.74) is -0.362. The highest BCUT2D eigenvalue weighted by atomic mass is 28.4. The summed E-state index contributed by atoms with van der Waals surface area (Å²) >= 11 is 0. The van der Waals surface area contributed by atoms with Gasteiger partial charge in [0.25, 0.3) is 0 Å². The first-order chi connectivity index (χ1) is 11.7. The number of carbonyl (C=O) groups is 1. The Morgan fingerprint density at radius 3 is 2.04 bits per heavy atom. The summed E-state index contributed by atoms with van der Waals surface area (Å²) in [4.78, 5) is 11.8. The summed E-state index contributed by atoms with van der Waals surface area (Å²) in [5, 5.41) is 12.3. The molecule has 0 saturated carbocycles. The van der Waals surface area contributed by atoms with E-state index in [9.17, 15) is 23.1 Å². The predicted molar refractivity (Wildman–Crippen MR) is 97.6 cm³/mol. The Bertz CT molecular complexity index is 610. The van der Waals surface area contributed by atoms with Crippen LogP contribution < -0.4 is 5.32 Å². The predicted octanol–water partition coefficient (Wildman–Crippen LogP) is 4.83. The Morgan fingerprint density at radius 2 is 1.69 bits per heavy atom. The van der Waals surface area contributed by atoms with Gasteiger partial charge < -0.3 is 14.8 Å². The van der Waals surface area contributed by atoms with Gasteiger partial charge in [0.05, 0.1) is 11.7 Å². The summed E-state index contributed by atoms with van der Waals surface area (Å²) in [7, 11) is -2.36. The van der Waals surface area contributed by atoms with Gasteiger partial charge in [0.2, 0.25) is 0 Å². The van der Waals surface area contributed by atoms with Crippen LogP contribution in [0.3, 0.4) is 0 Å². The van der Waals surface area contributed by atoms with E-state index in [4.69, 9.17) is 4.43 Å². The molecule has 0 aliphatic rings. The second kappa shape index (κ2) is 8.10. The van der Waals surface area contributed by atoms with Crippen LogP contribution in [0.1, 0.15) is 44.9 Å². The first-order valence-electron chi connectivity index (χ1n) is 8.52. The molecule has 0 saturated heterocycles. The van der Waals surface area contributed by atoms with E-state index in [1.54, 1.807) is 6.92 Å². The zero-order valence-corrected chi connectivity index (χ0v) is 17.1. The van der Waals surface area contributed by atoms with Crippen molar-refractivity contribution < 1.29 is 27.5 Å². The zero-order valence-electron chi connectivity index (χ0n) is 16.1. The van der Waals surface area contributed by atoms with Crippen LogP contribution >= 0.6 is 0 Å². The van der Waals surface area contributed by atoms with Gasteiger partial charge >= 0.3 is 12.1 Å². The number of likely N-dealkylation sites (N-methyl/N-ethyl adjacent to an activating group) is 1. The van der Waals surface area contributed by atoms with E-state index in [1.165, 1.54) is 12.1 Å². The molecule has 1 rings (SSSR count). The Morgan fingerprint density at radius 1 is 1.19 bits per heavy atom. The fourth-order valence-electron chi connectivity index (χ4n) is 2.23. The number of benzene rings is 1. The lowest BCUT2D eigenvalue weighted by Gasteiger charge is -2.41. The second-order valence-corrected chi connectivity index (χ2v) is 12.5. The lowest BCUT2D eigenvalue weighted by atomic mass is 10.0. The van der Waals surface area contributed by atoms with E-state index in [0.29, 0.717) is 12.1 Å². The van der Waals surface area contributed by atoms with Crippen LogP contribution in [-0.4, -0.2) is 32.0 Å². The van der Waals surface area contributed by atoms with E-state index < -0.39 is 38.2 Å². The number of halogens is 3.